The molecule has 1 amide bonds. The zero-order valence-electron chi connectivity index (χ0n) is 12.3. The van der Waals surface area contributed by atoms with Gasteiger partial charge in [0.05, 0.1) is 0 Å². The highest BCUT2D eigenvalue weighted by Crippen LogP contribution is 2.32. The van der Waals surface area contributed by atoms with Crippen molar-refractivity contribution in [2.45, 2.75) is 45.1 Å². The Bertz CT molecular complexity index is 563. The summed E-state index contributed by atoms with van der Waals surface area (Å²) >= 11 is 6.02. The third-order valence-electron chi connectivity index (χ3n) is 4.40. The molecule has 4 nitrogen and oxygen atoms in total. The summed E-state index contributed by atoms with van der Waals surface area (Å²) in [6.07, 6.45) is 2.55. The van der Waals surface area contributed by atoms with E-state index in [1.807, 2.05) is 0 Å². The SMILES string of the molecule is Cc1c(Cl)cccc1C(=O)NC1(C(=O)O)CCC(C)CC1. The van der Waals surface area contributed by atoms with Gasteiger partial charge in [-0.05, 0) is 56.2 Å². The molecule has 0 bridgehead atoms. The Morgan fingerprint density at radius 2 is 1.95 bits per heavy atom. The summed E-state index contributed by atoms with van der Waals surface area (Å²) < 4.78 is 0. The summed E-state index contributed by atoms with van der Waals surface area (Å²) in [7, 11) is 0. The molecule has 0 radical (unpaired) electrons. The van der Waals surface area contributed by atoms with E-state index in [-0.39, 0.29) is 5.91 Å². The zero-order chi connectivity index (χ0) is 15.6. The summed E-state index contributed by atoms with van der Waals surface area (Å²) in [6, 6.07) is 5.07. The molecule has 1 aromatic rings. The van der Waals surface area contributed by atoms with Crippen molar-refractivity contribution in [3.8, 4) is 0 Å². The number of benzene rings is 1. The Hall–Kier alpha value is -1.55. The summed E-state index contributed by atoms with van der Waals surface area (Å²) in [6.45, 7) is 3.86. The molecule has 0 heterocycles. The summed E-state index contributed by atoms with van der Waals surface area (Å²) in [5, 5.41) is 12.8. The highest BCUT2D eigenvalue weighted by molar-refractivity contribution is 6.31. The van der Waals surface area contributed by atoms with Crippen molar-refractivity contribution in [3.05, 3.63) is 34.3 Å². The second-order valence-corrected chi connectivity index (χ2v) is 6.34. The van der Waals surface area contributed by atoms with E-state index in [1.165, 1.54) is 0 Å². The van der Waals surface area contributed by atoms with Gasteiger partial charge in [0.25, 0.3) is 5.91 Å². The van der Waals surface area contributed by atoms with Crippen LogP contribution in [0.1, 0.15) is 48.5 Å². The molecule has 1 aromatic carbocycles. The van der Waals surface area contributed by atoms with Crippen LogP contribution in [0.5, 0.6) is 0 Å². The standard InChI is InChI=1S/C16H20ClNO3/c1-10-6-8-16(9-7-10,15(20)21)18-14(19)12-4-3-5-13(17)11(12)2/h3-5,10H,6-9H2,1-2H3,(H,18,19)(H,20,21). The molecule has 5 heteroatoms. The highest BCUT2D eigenvalue weighted by atomic mass is 35.5. The van der Waals surface area contributed by atoms with Gasteiger partial charge in [0.1, 0.15) is 5.54 Å². The molecule has 0 aromatic heterocycles. The molecule has 1 aliphatic carbocycles. The molecule has 2 rings (SSSR count). The number of carboxylic acid groups (broad SMARTS) is 1. The number of carbonyl (C=O) groups excluding carboxylic acids is 1. The minimum absolute atomic E-state index is 0.369. The minimum Gasteiger partial charge on any atom is -0.480 e. The first-order valence-electron chi connectivity index (χ1n) is 7.17. The highest BCUT2D eigenvalue weighted by Gasteiger charge is 2.42. The van der Waals surface area contributed by atoms with Gasteiger partial charge in [-0.15, -0.1) is 0 Å². The van der Waals surface area contributed by atoms with Crippen LogP contribution in [0.3, 0.4) is 0 Å². The van der Waals surface area contributed by atoms with Crippen molar-refractivity contribution in [2.75, 3.05) is 0 Å². The second kappa shape index (κ2) is 6.06. The number of rotatable bonds is 3. The number of aliphatic carboxylic acids is 1. The number of carboxylic acids is 1. The fourth-order valence-corrected chi connectivity index (χ4v) is 2.96. The number of carbonyl (C=O) groups is 2. The van der Waals surface area contributed by atoms with E-state index in [0.717, 1.165) is 12.8 Å². The Morgan fingerprint density at radius 3 is 2.52 bits per heavy atom. The molecule has 2 N–H and O–H groups in total. The monoisotopic (exact) mass is 309 g/mol. The lowest BCUT2D eigenvalue weighted by atomic mass is 9.77. The number of halogens is 1. The predicted octanol–water partition coefficient (Wildman–Crippen LogP) is 3.41. The smallest absolute Gasteiger partial charge is 0.329 e. The molecule has 1 saturated carbocycles. The van der Waals surface area contributed by atoms with Crippen LogP contribution in [0.15, 0.2) is 18.2 Å². The quantitative estimate of drug-likeness (QED) is 0.899. The van der Waals surface area contributed by atoms with Crippen LogP contribution in [-0.4, -0.2) is 22.5 Å². The van der Waals surface area contributed by atoms with Crippen molar-refractivity contribution in [3.63, 3.8) is 0 Å². The molecule has 0 saturated heterocycles. The van der Waals surface area contributed by atoms with E-state index in [4.69, 9.17) is 11.6 Å². The van der Waals surface area contributed by atoms with Crippen molar-refractivity contribution >= 4 is 23.5 Å². The lowest BCUT2D eigenvalue weighted by Crippen LogP contribution is -2.56. The van der Waals surface area contributed by atoms with E-state index < -0.39 is 11.5 Å². The van der Waals surface area contributed by atoms with Gasteiger partial charge in [-0.2, -0.15) is 0 Å². The van der Waals surface area contributed by atoms with Crippen molar-refractivity contribution < 1.29 is 14.7 Å². The van der Waals surface area contributed by atoms with Gasteiger partial charge in [0.15, 0.2) is 0 Å². The average molecular weight is 310 g/mol. The second-order valence-electron chi connectivity index (χ2n) is 5.94. The fraction of sp³-hybridized carbons (Fsp3) is 0.500. The number of amides is 1. The van der Waals surface area contributed by atoms with E-state index in [1.54, 1.807) is 25.1 Å². The van der Waals surface area contributed by atoms with Crippen LogP contribution in [0.25, 0.3) is 0 Å². The van der Waals surface area contributed by atoms with Gasteiger partial charge in [0, 0.05) is 10.6 Å². The van der Waals surface area contributed by atoms with Gasteiger partial charge in [-0.1, -0.05) is 24.6 Å². The molecule has 114 valence electrons. The third kappa shape index (κ3) is 3.21. The molecule has 0 spiro atoms. The summed E-state index contributed by atoms with van der Waals surface area (Å²) in [5.41, 5.74) is -0.0543. The van der Waals surface area contributed by atoms with Gasteiger partial charge in [-0.25, -0.2) is 4.79 Å². The molecule has 21 heavy (non-hydrogen) atoms. The number of hydrogen-bond donors (Lipinski definition) is 2. The number of hydrogen-bond acceptors (Lipinski definition) is 2. The first-order chi connectivity index (χ1) is 9.85. The topological polar surface area (TPSA) is 66.4 Å². The zero-order valence-corrected chi connectivity index (χ0v) is 13.0. The largest absolute Gasteiger partial charge is 0.480 e. The maximum Gasteiger partial charge on any atom is 0.329 e. The van der Waals surface area contributed by atoms with Crippen LogP contribution in [0.4, 0.5) is 0 Å². The molecular weight excluding hydrogens is 290 g/mol. The molecular formula is C16H20ClNO3. The van der Waals surface area contributed by atoms with E-state index in [0.29, 0.717) is 34.9 Å². The van der Waals surface area contributed by atoms with Gasteiger partial charge < -0.3 is 10.4 Å². The van der Waals surface area contributed by atoms with Crippen LogP contribution in [0.2, 0.25) is 5.02 Å². The fourth-order valence-electron chi connectivity index (χ4n) is 2.79. The van der Waals surface area contributed by atoms with Crippen molar-refractivity contribution in [2.24, 2.45) is 5.92 Å². The predicted molar refractivity (Wildman–Crippen MR) is 81.7 cm³/mol. The van der Waals surface area contributed by atoms with E-state index in [9.17, 15) is 14.7 Å². The molecule has 1 aliphatic rings. The lowest BCUT2D eigenvalue weighted by molar-refractivity contribution is -0.146. The van der Waals surface area contributed by atoms with E-state index >= 15 is 0 Å². The maximum atomic E-state index is 12.4. The number of nitrogens with one attached hydrogen (secondary N) is 1. The summed E-state index contributed by atoms with van der Waals surface area (Å²) in [5.74, 6) is -0.823. The van der Waals surface area contributed by atoms with Crippen molar-refractivity contribution in [1.82, 2.24) is 5.32 Å². The van der Waals surface area contributed by atoms with Gasteiger partial charge in [0.2, 0.25) is 0 Å². The minimum atomic E-state index is -1.15. The Balaban J connectivity index is 2.23. The molecule has 1 fully saturated rings. The Morgan fingerprint density at radius 1 is 1.33 bits per heavy atom. The molecule has 0 atom stereocenters. The van der Waals surface area contributed by atoms with Gasteiger partial charge >= 0.3 is 5.97 Å². The summed E-state index contributed by atoms with van der Waals surface area (Å²) in [4.78, 5) is 24.1. The maximum absolute atomic E-state index is 12.4. The normalized spacial score (nSPS) is 25.4. The Kier molecular flexibility index (Phi) is 4.57. The Labute approximate surface area is 129 Å². The molecule has 0 unspecified atom stereocenters. The van der Waals surface area contributed by atoms with Crippen LogP contribution in [0, 0.1) is 12.8 Å². The van der Waals surface area contributed by atoms with Crippen LogP contribution >= 0.6 is 11.6 Å². The van der Waals surface area contributed by atoms with Gasteiger partial charge in [-0.3, -0.25) is 4.79 Å². The first kappa shape index (κ1) is 15.8. The third-order valence-corrected chi connectivity index (χ3v) is 4.81. The van der Waals surface area contributed by atoms with Crippen molar-refractivity contribution in [1.29, 1.82) is 0 Å². The lowest BCUT2D eigenvalue weighted by Gasteiger charge is -2.36. The molecule has 0 aliphatic heterocycles. The average Bonchev–Trinajstić information content (AvgIpc) is 2.44. The van der Waals surface area contributed by atoms with Crippen LogP contribution < -0.4 is 5.32 Å². The first-order valence-corrected chi connectivity index (χ1v) is 7.54. The van der Waals surface area contributed by atoms with Crippen LogP contribution in [-0.2, 0) is 4.79 Å². The van der Waals surface area contributed by atoms with E-state index in [2.05, 4.69) is 12.2 Å².